The van der Waals surface area contributed by atoms with Crippen molar-refractivity contribution in [2.24, 2.45) is 0 Å². The first kappa shape index (κ1) is 10.7. The zero-order chi connectivity index (χ0) is 55.3. The Hall–Kier alpha value is -6.18. The monoisotopic (exact) mass is 624 g/mol. The molecule has 1 heteroatoms. The van der Waals surface area contributed by atoms with E-state index in [4.69, 9.17) is 27.7 Å². The van der Waals surface area contributed by atoms with Gasteiger partial charge in [-0.05, 0) is 107 Å². The molecule has 0 saturated carbocycles. The second kappa shape index (κ2) is 10.2. The fourth-order valence-corrected chi connectivity index (χ4v) is 5.70. The van der Waals surface area contributed by atoms with Crippen LogP contribution in [0.25, 0.3) is 98.4 Å². The van der Waals surface area contributed by atoms with E-state index in [0.717, 1.165) is 0 Å². The van der Waals surface area contributed by atoms with Crippen molar-refractivity contribution < 1.29 is 42.8 Å². The minimum Gasteiger partial charge on any atom is -0.456 e. The van der Waals surface area contributed by atoms with Crippen LogP contribution in [0.15, 0.2) is 174 Å². The molecular weight excluding hydrogens is 569 g/mol. The van der Waals surface area contributed by atoms with Gasteiger partial charge in [-0.3, -0.25) is 0 Å². The van der Waals surface area contributed by atoms with Gasteiger partial charge in [0.15, 0.2) is 0 Å². The first-order chi connectivity index (χ1) is 35.0. The molecule has 0 aliphatic carbocycles. The highest BCUT2D eigenvalue weighted by atomic mass is 16.3. The van der Waals surface area contributed by atoms with Crippen molar-refractivity contribution in [3.8, 4) is 33.4 Å². The van der Waals surface area contributed by atoms with Crippen LogP contribution >= 0.6 is 0 Å². The van der Waals surface area contributed by atoms with E-state index >= 15 is 0 Å². The number of furan rings is 1. The minimum absolute atomic E-state index is 0.502. The third kappa shape index (κ3) is 4.03. The average Bonchev–Trinajstić information content (AvgIpc) is 3.83. The Morgan fingerprint density at radius 2 is 0.851 bits per heavy atom. The minimum atomic E-state index is -1.11. The summed E-state index contributed by atoms with van der Waals surface area (Å²) in [6, 6.07) is -26.3. The van der Waals surface area contributed by atoms with Crippen molar-refractivity contribution in [2.75, 3.05) is 0 Å². The molecule has 47 heavy (non-hydrogen) atoms. The van der Waals surface area contributed by atoms with E-state index in [-0.39, 0.29) is 0 Å². The fourth-order valence-electron chi connectivity index (χ4n) is 5.70. The lowest BCUT2D eigenvalue weighted by molar-refractivity contribution is 0.669. The Bertz CT molecular complexity index is 4440. The van der Waals surface area contributed by atoms with E-state index in [9.17, 15) is 15.1 Å². The molecule has 0 atom stereocenters. The van der Waals surface area contributed by atoms with Crippen LogP contribution in [0.4, 0.5) is 0 Å². The largest absolute Gasteiger partial charge is 0.456 e. The van der Waals surface area contributed by atoms with E-state index in [1.54, 1.807) is 0 Å². The highest BCUT2D eigenvalue weighted by Gasteiger charge is 2.19. The maximum absolute atomic E-state index is 10.3. The molecule has 0 fully saturated rings. The van der Waals surface area contributed by atoms with Gasteiger partial charge in [-0.1, -0.05) is 139 Å². The molecule has 0 radical (unpaired) electrons. The summed E-state index contributed by atoms with van der Waals surface area (Å²) >= 11 is 0. The summed E-state index contributed by atoms with van der Waals surface area (Å²) in [6.45, 7) is 0. The van der Waals surface area contributed by atoms with Gasteiger partial charge >= 0.3 is 0 Å². The van der Waals surface area contributed by atoms with Crippen LogP contribution in [-0.4, -0.2) is 0 Å². The van der Waals surface area contributed by atoms with Gasteiger partial charge in [0, 0.05) is 10.8 Å². The lowest BCUT2D eigenvalue weighted by Gasteiger charge is -2.19. The highest BCUT2D eigenvalue weighted by molar-refractivity contribution is 6.23. The van der Waals surface area contributed by atoms with Gasteiger partial charge in [0.05, 0.1) is 38.4 Å². The molecule has 0 amide bonds. The van der Waals surface area contributed by atoms with E-state index < -0.39 is 268 Å². The average molecular weight is 625 g/mol. The van der Waals surface area contributed by atoms with Crippen LogP contribution in [0, 0.1) is 0 Å². The Morgan fingerprint density at radius 3 is 1.53 bits per heavy atom. The van der Waals surface area contributed by atoms with Crippen molar-refractivity contribution in [3.63, 3.8) is 0 Å². The summed E-state index contributed by atoms with van der Waals surface area (Å²) in [5.41, 5.74) is -6.14. The van der Waals surface area contributed by atoms with Gasteiger partial charge in [-0.15, -0.1) is 0 Å². The first-order valence-electron chi connectivity index (χ1n) is 27.9. The van der Waals surface area contributed by atoms with Gasteiger partial charge in [-0.2, -0.15) is 0 Å². The van der Waals surface area contributed by atoms with Crippen molar-refractivity contribution in [1.82, 2.24) is 0 Å². The van der Waals surface area contributed by atoms with Crippen LogP contribution in [0.1, 0.15) is 38.4 Å². The lowest BCUT2D eigenvalue weighted by atomic mass is 9.84. The number of hydrogen-bond donors (Lipinski definition) is 0. The number of rotatable bonds is 3. The molecular formula is C46H28O. The molecule has 0 spiro atoms. The third-order valence-corrected chi connectivity index (χ3v) is 7.70. The molecule has 10 aromatic rings. The lowest BCUT2D eigenvalue weighted by Crippen LogP contribution is -1.92. The summed E-state index contributed by atoms with van der Waals surface area (Å²) in [6.07, 6.45) is 0. The second-order valence-electron chi connectivity index (χ2n) is 10.3. The molecule has 1 aromatic heterocycles. The fraction of sp³-hybridized carbons (Fsp3) is 0. The van der Waals surface area contributed by atoms with Gasteiger partial charge in [0.2, 0.25) is 0 Å². The number of benzene rings is 9. The van der Waals surface area contributed by atoms with Crippen molar-refractivity contribution in [1.29, 1.82) is 0 Å². The third-order valence-electron chi connectivity index (χ3n) is 7.70. The molecule has 9 aromatic carbocycles. The SMILES string of the molecule is [2H]c1c([2H])c([2H])c2c(oc3c([2H])c([2H])c([2H])c(-c4c([2H])c([2H])c5c(-c6c([2H])c([2H])c7c([2H])c([2H])c([2H])c([2H])c7c6[2H])c6c([2H])c([2H])c([2H])c([2H])c6c(-c6c([2H])c([2H])c7c([2H])c([2H])c([2H])c([2H])c7c6[2H])c5c4[2H])c32)c1[2H]. The molecule has 0 bridgehead atoms. The summed E-state index contributed by atoms with van der Waals surface area (Å²) in [4.78, 5) is 0. The molecule has 0 unspecified atom stereocenters. The maximum atomic E-state index is 10.3. The van der Waals surface area contributed by atoms with E-state index in [1.807, 2.05) is 0 Å². The zero-order valence-corrected chi connectivity index (χ0v) is 23.4. The first-order valence-corrected chi connectivity index (χ1v) is 13.9. The van der Waals surface area contributed by atoms with E-state index in [0.29, 0.717) is 0 Å². The van der Waals surface area contributed by atoms with Gasteiger partial charge in [0.1, 0.15) is 11.2 Å². The standard InChI is InChI=1S/C46H28O/c1-3-12-31-26-34(22-20-29(31)10-1)44-37-14-5-6-15-38(37)45(35-23-21-30-11-2-4-13-32(30)27-35)41-28-33(24-25-39(41)44)36-17-9-19-43-46(36)40-16-7-8-18-42(40)47-43/h1-28H/i1D,2D,3D,4D,5D,6D,7D,8D,9D,10D,11D,12D,13D,14D,15D,16D,17D,18D,19D,20D,21D,22D,23D,24D,25D,26D,27D,28D. The quantitative estimate of drug-likeness (QED) is 0.178. The van der Waals surface area contributed by atoms with Gasteiger partial charge < -0.3 is 4.42 Å². The summed E-state index contributed by atoms with van der Waals surface area (Å²) < 4.78 is 260. The summed E-state index contributed by atoms with van der Waals surface area (Å²) in [5, 5.41) is -6.91. The van der Waals surface area contributed by atoms with E-state index in [1.165, 1.54) is 0 Å². The molecule has 0 aliphatic heterocycles. The highest BCUT2D eigenvalue weighted by Crippen LogP contribution is 2.46. The molecule has 0 saturated heterocycles. The second-order valence-corrected chi connectivity index (χ2v) is 10.3. The predicted molar refractivity (Wildman–Crippen MR) is 200 cm³/mol. The molecule has 0 aliphatic rings. The molecule has 0 N–H and O–H groups in total. The van der Waals surface area contributed by atoms with Crippen LogP contribution in [0.2, 0.25) is 0 Å². The molecule has 10 rings (SSSR count). The summed E-state index contributed by atoms with van der Waals surface area (Å²) in [7, 11) is 0. The Labute approximate surface area is 311 Å². The molecule has 218 valence electrons. The summed E-state index contributed by atoms with van der Waals surface area (Å²) in [5.74, 6) is 0. The number of hydrogen-bond acceptors (Lipinski definition) is 1. The normalized spacial score (nSPS) is 20.2. The molecule has 1 heterocycles. The van der Waals surface area contributed by atoms with Gasteiger partial charge in [0.25, 0.3) is 0 Å². The van der Waals surface area contributed by atoms with Crippen molar-refractivity contribution in [3.05, 3.63) is 169 Å². The predicted octanol–water partition coefficient (Wildman–Crippen LogP) is 13.2. The maximum Gasteiger partial charge on any atom is 0.136 e. The van der Waals surface area contributed by atoms with Crippen LogP contribution in [-0.2, 0) is 0 Å². The Kier molecular flexibility index (Phi) is 2.31. The van der Waals surface area contributed by atoms with Crippen molar-refractivity contribution in [2.45, 2.75) is 0 Å². The molecule has 1 nitrogen and oxygen atoms in total. The van der Waals surface area contributed by atoms with Crippen LogP contribution in [0.3, 0.4) is 0 Å². The van der Waals surface area contributed by atoms with Crippen molar-refractivity contribution >= 4 is 65.0 Å². The topological polar surface area (TPSA) is 13.1 Å². The zero-order valence-electron chi connectivity index (χ0n) is 51.4. The number of fused-ring (bicyclic) bond motifs is 7. The van der Waals surface area contributed by atoms with Crippen LogP contribution < -0.4 is 0 Å². The smallest absolute Gasteiger partial charge is 0.136 e. The Morgan fingerprint density at radius 1 is 0.340 bits per heavy atom. The van der Waals surface area contributed by atoms with Gasteiger partial charge in [-0.25, -0.2) is 0 Å². The Balaban J connectivity index is 1.61. The number of para-hydroxylation sites is 1. The van der Waals surface area contributed by atoms with Crippen LogP contribution in [0.5, 0.6) is 0 Å². The van der Waals surface area contributed by atoms with E-state index in [2.05, 4.69) is 0 Å².